The van der Waals surface area contributed by atoms with Gasteiger partial charge in [0.25, 0.3) is 0 Å². The van der Waals surface area contributed by atoms with Gasteiger partial charge in [-0.1, -0.05) is 51.2 Å². The lowest BCUT2D eigenvalue weighted by molar-refractivity contribution is -0.143. The van der Waals surface area contributed by atoms with Gasteiger partial charge < -0.3 is 9.47 Å². The van der Waals surface area contributed by atoms with Gasteiger partial charge in [-0.25, -0.2) is 0 Å². The number of hydrogen-bond acceptors (Lipinski definition) is 4. The Labute approximate surface area is 160 Å². The van der Waals surface area contributed by atoms with Crippen LogP contribution in [-0.2, 0) is 19.1 Å². The second-order valence-corrected chi connectivity index (χ2v) is 6.90. The molecule has 0 aromatic carbocycles. The Morgan fingerprint density at radius 2 is 1.31 bits per heavy atom. The van der Waals surface area contributed by atoms with Crippen LogP contribution in [0, 0.1) is 0 Å². The van der Waals surface area contributed by atoms with Gasteiger partial charge in [0.2, 0.25) is 0 Å². The zero-order chi connectivity index (χ0) is 19.6. The van der Waals surface area contributed by atoms with Gasteiger partial charge in [-0.2, -0.15) is 0 Å². The lowest BCUT2D eigenvalue weighted by Crippen LogP contribution is -2.06. The van der Waals surface area contributed by atoms with E-state index in [-0.39, 0.29) is 11.9 Å². The van der Waals surface area contributed by atoms with Gasteiger partial charge in [0.05, 0.1) is 0 Å². The molecule has 0 aliphatic heterocycles. The average molecular weight is 367 g/mol. The molecule has 150 valence electrons. The molecule has 0 aliphatic rings. The van der Waals surface area contributed by atoms with Crippen molar-refractivity contribution in [3.8, 4) is 0 Å². The van der Waals surface area contributed by atoms with Crippen LogP contribution >= 0.6 is 0 Å². The first-order chi connectivity index (χ1) is 12.5. The first kappa shape index (κ1) is 24.4. The highest BCUT2D eigenvalue weighted by atomic mass is 16.5. The number of allylic oxidation sites excluding steroid dienone is 2. The molecule has 0 heterocycles. The molecule has 0 spiro atoms. The number of unbranched alkanes of at least 4 members (excludes halogenated alkanes) is 4. The van der Waals surface area contributed by atoms with E-state index in [1.54, 1.807) is 0 Å². The minimum absolute atomic E-state index is 0.108. The first-order valence-electron chi connectivity index (χ1n) is 10.1. The van der Waals surface area contributed by atoms with Crippen LogP contribution in [0.5, 0.6) is 0 Å². The number of carbonyl (C=O) groups is 2. The molecule has 0 unspecified atom stereocenters. The molecular formula is C22H38O4. The van der Waals surface area contributed by atoms with Crippen molar-refractivity contribution in [2.45, 2.75) is 91.9 Å². The Bertz CT molecular complexity index is 449. The van der Waals surface area contributed by atoms with Crippen LogP contribution in [0.3, 0.4) is 0 Å². The summed E-state index contributed by atoms with van der Waals surface area (Å²) in [7, 11) is 0. The average Bonchev–Trinajstić information content (AvgIpc) is 2.60. The van der Waals surface area contributed by atoms with E-state index in [4.69, 9.17) is 9.47 Å². The smallest absolute Gasteiger partial charge is 0.306 e. The SMILES string of the molecule is CCCCCC(=O)OC/C=C(\C)CC/C=C(/C)COC(=O)CCCCC. The summed E-state index contributed by atoms with van der Waals surface area (Å²) in [6.45, 7) is 8.99. The summed E-state index contributed by atoms with van der Waals surface area (Å²) >= 11 is 0. The summed E-state index contributed by atoms with van der Waals surface area (Å²) in [4.78, 5) is 23.1. The summed E-state index contributed by atoms with van der Waals surface area (Å²) in [6.07, 6.45) is 13.1. The summed E-state index contributed by atoms with van der Waals surface area (Å²) in [5.41, 5.74) is 2.27. The monoisotopic (exact) mass is 366 g/mol. The summed E-state index contributed by atoms with van der Waals surface area (Å²) in [6, 6.07) is 0. The standard InChI is InChI=1S/C22H38O4/c1-5-7-9-14-21(23)25-17-16-19(3)12-11-13-20(4)18-26-22(24)15-10-8-6-2/h13,16H,5-12,14-15,17-18H2,1-4H3/b19-16+,20-13-. The fourth-order valence-electron chi connectivity index (χ4n) is 2.36. The Morgan fingerprint density at radius 3 is 1.88 bits per heavy atom. The maximum Gasteiger partial charge on any atom is 0.306 e. The van der Waals surface area contributed by atoms with Crippen molar-refractivity contribution >= 4 is 11.9 Å². The molecule has 0 radical (unpaired) electrons. The molecule has 26 heavy (non-hydrogen) atoms. The van der Waals surface area contributed by atoms with E-state index in [9.17, 15) is 9.59 Å². The van der Waals surface area contributed by atoms with E-state index in [2.05, 4.69) is 19.9 Å². The number of rotatable bonds is 15. The summed E-state index contributed by atoms with van der Waals surface area (Å²) in [5.74, 6) is -0.220. The third kappa shape index (κ3) is 15.9. The molecule has 0 aromatic heterocycles. The quantitative estimate of drug-likeness (QED) is 0.205. The fourth-order valence-corrected chi connectivity index (χ4v) is 2.36. The third-order valence-electron chi connectivity index (χ3n) is 4.14. The van der Waals surface area contributed by atoms with Crippen molar-refractivity contribution in [2.75, 3.05) is 13.2 Å². The van der Waals surface area contributed by atoms with Crippen molar-refractivity contribution < 1.29 is 19.1 Å². The van der Waals surface area contributed by atoms with Gasteiger partial charge in [0.1, 0.15) is 13.2 Å². The molecule has 0 aromatic rings. The van der Waals surface area contributed by atoms with Gasteiger partial charge in [0.15, 0.2) is 0 Å². The highest BCUT2D eigenvalue weighted by Gasteiger charge is 2.03. The molecule has 0 N–H and O–H groups in total. The number of ether oxygens (including phenoxy) is 2. The van der Waals surface area contributed by atoms with E-state index in [1.807, 2.05) is 19.9 Å². The van der Waals surface area contributed by atoms with E-state index in [1.165, 1.54) is 5.57 Å². The maximum atomic E-state index is 11.6. The normalized spacial score (nSPS) is 12.2. The molecule has 0 fully saturated rings. The van der Waals surface area contributed by atoms with E-state index in [0.29, 0.717) is 26.1 Å². The van der Waals surface area contributed by atoms with E-state index >= 15 is 0 Å². The van der Waals surface area contributed by atoms with Crippen LogP contribution in [0.1, 0.15) is 91.9 Å². The van der Waals surface area contributed by atoms with Crippen molar-refractivity contribution in [3.05, 3.63) is 23.3 Å². The van der Waals surface area contributed by atoms with Crippen LogP contribution in [0.4, 0.5) is 0 Å². The Balaban J connectivity index is 3.85. The molecule has 0 rings (SSSR count). The molecule has 0 atom stereocenters. The van der Waals surface area contributed by atoms with Crippen molar-refractivity contribution in [2.24, 2.45) is 0 Å². The third-order valence-corrected chi connectivity index (χ3v) is 4.14. The number of carbonyl (C=O) groups excluding carboxylic acids is 2. The van der Waals surface area contributed by atoms with E-state index < -0.39 is 0 Å². The van der Waals surface area contributed by atoms with Crippen molar-refractivity contribution in [3.63, 3.8) is 0 Å². The highest BCUT2D eigenvalue weighted by molar-refractivity contribution is 5.69. The zero-order valence-corrected chi connectivity index (χ0v) is 17.3. The predicted octanol–water partition coefficient (Wildman–Crippen LogP) is 5.91. The van der Waals surface area contributed by atoms with Crippen molar-refractivity contribution in [1.29, 1.82) is 0 Å². The van der Waals surface area contributed by atoms with Crippen LogP contribution in [0.25, 0.3) is 0 Å². The molecule has 0 bridgehead atoms. The van der Waals surface area contributed by atoms with Crippen LogP contribution < -0.4 is 0 Å². The second-order valence-electron chi connectivity index (χ2n) is 6.90. The predicted molar refractivity (Wildman–Crippen MR) is 107 cm³/mol. The van der Waals surface area contributed by atoms with Gasteiger partial charge in [-0.05, 0) is 51.2 Å². The lowest BCUT2D eigenvalue weighted by atomic mass is 10.1. The van der Waals surface area contributed by atoms with Crippen LogP contribution in [-0.4, -0.2) is 25.2 Å². The Kier molecular flexibility index (Phi) is 15.8. The minimum Gasteiger partial charge on any atom is -0.461 e. The van der Waals surface area contributed by atoms with Gasteiger partial charge in [0, 0.05) is 12.8 Å². The highest BCUT2D eigenvalue weighted by Crippen LogP contribution is 2.08. The maximum absolute atomic E-state index is 11.6. The molecular weight excluding hydrogens is 328 g/mol. The van der Waals surface area contributed by atoms with Crippen LogP contribution in [0.15, 0.2) is 23.3 Å². The van der Waals surface area contributed by atoms with Crippen LogP contribution in [0.2, 0.25) is 0 Å². The van der Waals surface area contributed by atoms with Gasteiger partial charge in [-0.3, -0.25) is 9.59 Å². The summed E-state index contributed by atoms with van der Waals surface area (Å²) in [5, 5.41) is 0. The fraction of sp³-hybridized carbons (Fsp3) is 0.727. The van der Waals surface area contributed by atoms with E-state index in [0.717, 1.165) is 56.9 Å². The lowest BCUT2D eigenvalue weighted by Gasteiger charge is -2.06. The van der Waals surface area contributed by atoms with Crippen molar-refractivity contribution in [1.82, 2.24) is 0 Å². The molecule has 4 heteroatoms. The molecule has 0 amide bonds. The number of hydrogen-bond donors (Lipinski definition) is 0. The number of esters is 2. The molecule has 4 nitrogen and oxygen atoms in total. The Morgan fingerprint density at radius 1 is 0.731 bits per heavy atom. The second kappa shape index (κ2) is 16.9. The van der Waals surface area contributed by atoms with Gasteiger partial charge >= 0.3 is 11.9 Å². The molecule has 0 aliphatic carbocycles. The zero-order valence-electron chi connectivity index (χ0n) is 17.3. The largest absolute Gasteiger partial charge is 0.461 e. The summed E-state index contributed by atoms with van der Waals surface area (Å²) < 4.78 is 10.5. The van der Waals surface area contributed by atoms with Gasteiger partial charge in [-0.15, -0.1) is 0 Å². The molecule has 0 saturated carbocycles. The first-order valence-corrected chi connectivity index (χ1v) is 10.1. The Hall–Kier alpha value is -1.58. The molecule has 0 saturated heterocycles. The minimum atomic E-state index is -0.112. The topological polar surface area (TPSA) is 52.6 Å².